The van der Waals surface area contributed by atoms with E-state index in [2.05, 4.69) is 9.97 Å². The van der Waals surface area contributed by atoms with Crippen LogP contribution >= 0.6 is 11.6 Å². The molecule has 1 saturated heterocycles. The number of rotatable bonds is 5. The molecule has 1 amide bonds. The molecule has 6 heteroatoms. The Hall–Kier alpha value is -1.36. The van der Waals surface area contributed by atoms with E-state index in [0.717, 1.165) is 31.5 Å². The number of likely N-dealkylation sites (tertiary alicyclic amines) is 1. The van der Waals surface area contributed by atoms with E-state index in [-0.39, 0.29) is 12.0 Å². The van der Waals surface area contributed by atoms with Crippen molar-refractivity contribution < 1.29 is 9.53 Å². The maximum Gasteiger partial charge on any atom is 0.222 e. The van der Waals surface area contributed by atoms with Gasteiger partial charge in [0.1, 0.15) is 11.9 Å². The highest BCUT2D eigenvalue weighted by Crippen LogP contribution is 2.18. The van der Waals surface area contributed by atoms with Crippen LogP contribution in [0.15, 0.2) is 6.07 Å². The molecule has 0 aromatic carbocycles. The van der Waals surface area contributed by atoms with Gasteiger partial charge in [-0.05, 0) is 33.1 Å². The van der Waals surface area contributed by atoms with Crippen LogP contribution in [-0.4, -0.2) is 45.8 Å². The number of aromatic nitrogens is 2. The Kier molecular flexibility index (Phi) is 5.79. The summed E-state index contributed by atoms with van der Waals surface area (Å²) in [5, 5.41) is 0. The van der Waals surface area contributed by atoms with Gasteiger partial charge in [0, 0.05) is 30.6 Å². The Morgan fingerprint density at radius 1 is 1.48 bits per heavy atom. The van der Waals surface area contributed by atoms with Gasteiger partial charge in [-0.1, -0.05) is 0 Å². The first-order chi connectivity index (χ1) is 10.1. The quantitative estimate of drug-likeness (QED) is 0.784. The van der Waals surface area contributed by atoms with Crippen molar-refractivity contribution in [1.82, 2.24) is 14.9 Å². The van der Waals surface area contributed by atoms with E-state index in [0.29, 0.717) is 30.5 Å². The lowest BCUT2D eigenvalue weighted by molar-refractivity contribution is -0.133. The highest BCUT2D eigenvalue weighted by molar-refractivity contribution is 6.17. The van der Waals surface area contributed by atoms with Gasteiger partial charge in [0.15, 0.2) is 0 Å². The number of carbonyl (C=O) groups is 1. The number of piperidine rings is 1. The molecule has 1 aromatic heterocycles. The summed E-state index contributed by atoms with van der Waals surface area (Å²) in [4.78, 5) is 22.5. The lowest BCUT2D eigenvalue weighted by atomic mass is 10.1. The van der Waals surface area contributed by atoms with Crippen LogP contribution in [0.1, 0.15) is 37.2 Å². The van der Waals surface area contributed by atoms with Crippen LogP contribution in [0.5, 0.6) is 5.88 Å². The van der Waals surface area contributed by atoms with Crippen molar-refractivity contribution in [3.8, 4) is 5.88 Å². The van der Waals surface area contributed by atoms with E-state index in [4.69, 9.17) is 16.3 Å². The molecule has 1 aliphatic heterocycles. The molecule has 116 valence electrons. The van der Waals surface area contributed by atoms with Crippen molar-refractivity contribution in [3.05, 3.63) is 17.6 Å². The van der Waals surface area contributed by atoms with Crippen LogP contribution in [0.3, 0.4) is 0 Å². The molecule has 1 fully saturated rings. The van der Waals surface area contributed by atoms with Crippen molar-refractivity contribution in [2.75, 3.05) is 19.0 Å². The minimum absolute atomic E-state index is 0.00685. The molecule has 0 spiro atoms. The normalized spacial score (nSPS) is 18.6. The zero-order chi connectivity index (χ0) is 15.2. The second-order valence-electron chi connectivity index (χ2n) is 5.41. The van der Waals surface area contributed by atoms with Crippen LogP contribution in [0.4, 0.5) is 0 Å². The van der Waals surface area contributed by atoms with Crippen molar-refractivity contribution >= 4 is 17.5 Å². The summed E-state index contributed by atoms with van der Waals surface area (Å²) in [6.07, 6.45) is 3.16. The number of ether oxygens (including phenoxy) is 1. The van der Waals surface area contributed by atoms with E-state index in [1.165, 1.54) is 0 Å². The number of aryl methyl sites for hydroxylation is 2. The molecule has 1 aromatic rings. The average Bonchev–Trinajstić information content (AvgIpc) is 2.44. The zero-order valence-electron chi connectivity index (χ0n) is 12.6. The fourth-order valence-corrected chi connectivity index (χ4v) is 2.68. The van der Waals surface area contributed by atoms with E-state index >= 15 is 0 Å². The first-order valence-corrected chi connectivity index (χ1v) is 7.94. The fraction of sp³-hybridized carbons (Fsp3) is 0.667. The number of carbonyl (C=O) groups excluding carboxylic acids is 1. The molecule has 2 rings (SSSR count). The Balaban J connectivity index is 1.93. The minimum atomic E-state index is 0.00685. The standard InChI is InChI=1S/C15H22ClN3O2/c1-11-9-14(18-12(2)17-11)21-13-5-4-8-19(10-13)15(20)6-3-7-16/h9,13H,3-8,10H2,1-2H3. The molecule has 5 nitrogen and oxygen atoms in total. The second kappa shape index (κ2) is 7.59. The highest BCUT2D eigenvalue weighted by Gasteiger charge is 2.24. The number of hydrogen-bond donors (Lipinski definition) is 0. The van der Waals surface area contributed by atoms with Crippen LogP contribution in [0, 0.1) is 13.8 Å². The maximum absolute atomic E-state index is 12.0. The molecule has 0 radical (unpaired) electrons. The first-order valence-electron chi connectivity index (χ1n) is 7.41. The summed E-state index contributed by atoms with van der Waals surface area (Å²) >= 11 is 5.64. The first kappa shape index (κ1) is 16.0. The molecule has 1 aliphatic rings. The van der Waals surface area contributed by atoms with Gasteiger partial charge in [0.2, 0.25) is 11.8 Å². The maximum atomic E-state index is 12.0. The van der Waals surface area contributed by atoms with Gasteiger partial charge in [-0.3, -0.25) is 4.79 Å². The SMILES string of the molecule is Cc1cc(OC2CCCN(C(=O)CCCCl)C2)nc(C)n1. The van der Waals surface area contributed by atoms with Gasteiger partial charge in [-0.15, -0.1) is 11.6 Å². The van der Waals surface area contributed by atoms with Crippen LogP contribution in [-0.2, 0) is 4.79 Å². The van der Waals surface area contributed by atoms with Crippen molar-refractivity contribution in [2.45, 2.75) is 45.6 Å². The largest absolute Gasteiger partial charge is 0.472 e. The molecular formula is C15H22ClN3O2. The van der Waals surface area contributed by atoms with Gasteiger partial charge in [-0.25, -0.2) is 4.98 Å². The second-order valence-corrected chi connectivity index (χ2v) is 5.79. The third-order valence-corrected chi connectivity index (χ3v) is 3.75. The summed E-state index contributed by atoms with van der Waals surface area (Å²) in [6.45, 7) is 5.21. The van der Waals surface area contributed by atoms with E-state index in [1.807, 2.05) is 24.8 Å². The van der Waals surface area contributed by atoms with E-state index in [9.17, 15) is 4.79 Å². The lowest BCUT2D eigenvalue weighted by Crippen LogP contribution is -2.44. The van der Waals surface area contributed by atoms with Gasteiger partial charge >= 0.3 is 0 Å². The molecule has 1 unspecified atom stereocenters. The summed E-state index contributed by atoms with van der Waals surface area (Å²) < 4.78 is 5.93. The molecule has 21 heavy (non-hydrogen) atoms. The zero-order valence-corrected chi connectivity index (χ0v) is 13.4. The van der Waals surface area contributed by atoms with Crippen LogP contribution < -0.4 is 4.74 Å². The number of halogens is 1. The van der Waals surface area contributed by atoms with Gasteiger partial charge in [-0.2, -0.15) is 4.98 Å². The van der Waals surface area contributed by atoms with Gasteiger partial charge in [0.05, 0.1) is 6.54 Å². The van der Waals surface area contributed by atoms with Gasteiger partial charge < -0.3 is 9.64 Å². The highest BCUT2D eigenvalue weighted by atomic mass is 35.5. The van der Waals surface area contributed by atoms with Gasteiger partial charge in [0.25, 0.3) is 0 Å². The predicted octanol–water partition coefficient (Wildman–Crippen LogP) is 2.48. The topological polar surface area (TPSA) is 55.3 Å². The van der Waals surface area contributed by atoms with Crippen molar-refractivity contribution in [1.29, 1.82) is 0 Å². The molecule has 1 atom stereocenters. The summed E-state index contributed by atoms with van der Waals surface area (Å²) in [5.41, 5.74) is 0.892. The summed E-state index contributed by atoms with van der Waals surface area (Å²) in [5.74, 6) is 1.99. The molecule has 0 bridgehead atoms. The summed E-state index contributed by atoms with van der Waals surface area (Å²) in [7, 11) is 0. The fourth-order valence-electron chi connectivity index (χ4n) is 2.55. The third kappa shape index (κ3) is 4.84. The predicted molar refractivity (Wildman–Crippen MR) is 81.7 cm³/mol. The van der Waals surface area contributed by atoms with Crippen LogP contribution in [0.25, 0.3) is 0 Å². The molecular weight excluding hydrogens is 290 g/mol. The number of nitrogens with zero attached hydrogens (tertiary/aromatic N) is 3. The summed E-state index contributed by atoms with van der Waals surface area (Å²) in [6, 6.07) is 1.83. The van der Waals surface area contributed by atoms with E-state index in [1.54, 1.807) is 0 Å². The number of hydrogen-bond acceptors (Lipinski definition) is 4. The monoisotopic (exact) mass is 311 g/mol. The average molecular weight is 312 g/mol. The van der Waals surface area contributed by atoms with Crippen LogP contribution in [0.2, 0.25) is 0 Å². The molecule has 0 aliphatic carbocycles. The third-order valence-electron chi connectivity index (χ3n) is 3.49. The van der Waals surface area contributed by atoms with Crippen molar-refractivity contribution in [2.24, 2.45) is 0 Å². The number of alkyl halides is 1. The Labute approximate surface area is 130 Å². The Morgan fingerprint density at radius 2 is 2.29 bits per heavy atom. The number of amides is 1. The minimum Gasteiger partial charge on any atom is -0.472 e. The molecule has 0 saturated carbocycles. The van der Waals surface area contributed by atoms with Crippen molar-refractivity contribution in [3.63, 3.8) is 0 Å². The Morgan fingerprint density at radius 3 is 3.00 bits per heavy atom. The molecule has 0 N–H and O–H groups in total. The lowest BCUT2D eigenvalue weighted by Gasteiger charge is -2.32. The molecule has 2 heterocycles. The Bertz CT molecular complexity index is 476. The van der Waals surface area contributed by atoms with E-state index < -0.39 is 0 Å². The smallest absolute Gasteiger partial charge is 0.222 e.